The number of nitrogens with zero attached hydrogens (tertiary/aromatic N) is 1. The van der Waals surface area contributed by atoms with Crippen LogP contribution in [0.1, 0.15) is 31.0 Å². The van der Waals surface area contributed by atoms with E-state index in [0.29, 0.717) is 12.3 Å². The molecule has 0 bridgehead atoms. The van der Waals surface area contributed by atoms with Gasteiger partial charge in [0.1, 0.15) is 0 Å². The van der Waals surface area contributed by atoms with E-state index in [0.717, 1.165) is 22.3 Å². The Bertz CT molecular complexity index is 1160. The van der Waals surface area contributed by atoms with Gasteiger partial charge in [-0.2, -0.15) is 0 Å². The first-order chi connectivity index (χ1) is 15.4. The topological polar surface area (TPSA) is 80.0 Å². The number of carbonyl (C=O) groups excluding carboxylic acids is 2. The molecule has 1 unspecified atom stereocenters. The number of aliphatic hydroxyl groups is 1. The number of ketones is 1. The molecule has 0 fully saturated rings. The van der Waals surface area contributed by atoms with E-state index in [1.54, 1.807) is 33.5 Å². The number of carbonyl (C=O) groups is 2. The number of hydrogen-bond donors (Lipinski definition) is 1. The Morgan fingerprint density at radius 3 is 2.44 bits per heavy atom. The highest BCUT2D eigenvalue weighted by Gasteiger charge is 2.45. The third-order valence-electron chi connectivity index (χ3n) is 5.65. The van der Waals surface area contributed by atoms with Crippen LogP contribution in [-0.4, -0.2) is 23.9 Å². The van der Waals surface area contributed by atoms with Crippen LogP contribution in [0.4, 0.5) is 5.69 Å². The van der Waals surface area contributed by atoms with Crippen molar-refractivity contribution in [3.05, 3.63) is 89.6 Å². The smallest absolute Gasteiger partial charge is 0.294 e. The van der Waals surface area contributed by atoms with E-state index < -0.39 is 17.7 Å². The third-order valence-corrected chi connectivity index (χ3v) is 5.65. The predicted molar refractivity (Wildman–Crippen MR) is 121 cm³/mol. The van der Waals surface area contributed by atoms with Crippen molar-refractivity contribution in [1.29, 1.82) is 0 Å². The number of furan rings is 1. The molecule has 1 aromatic heterocycles. The standard InChI is InChI=1S/C26H25NO5/c1-16(2)24(28)22-23(21-7-5-4-6-19(21)14-31-3)27(26(30)25(22)29)20-10-8-17(9-11-20)18-12-13-32-15-18/h4-13,15-16,23,29H,14H2,1-3H3. The van der Waals surface area contributed by atoms with Crippen LogP contribution in [0.15, 0.2) is 82.9 Å². The summed E-state index contributed by atoms with van der Waals surface area (Å²) < 4.78 is 10.5. The van der Waals surface area contributed by atoms with Gasteiger partial charge in [-0.3, -0.25) is 14.5 Å². The number of aliphatic hydroxyl groups excluding tert-OH is 1. The fourth-order valence-electron chi connectivity index (χ4n) is 4.06. The minimum atomic E-state index is -0.747. The molecule has 0 saturated heterocycles. The van der Waals surface area contributed by atoms with E-state index in [1.165, 1.54) is 4.90 Å². The van der Waals surface area contributed by atoms with Crippen molar-refractivity contribution >= 4 is 17.4 Å². The minimum absolute atomic E-state index is 0.118. The molecule has 4 rings (SSSR count). The molecule has 1 N–H and O–H groups in total. The Morgan fingerprint density at radius 1 is 1.09 bits per heavy atom. The summed E-state index contributed by atoms with van der Waals surface area (Å²) in [5.74, 6) is -1.73. The van der Waals surface area contributed by atoms with E-state index in [2.05, 4.69) is 0 Å². The zero-order chi connectivity index (χ0) is 22.8. The number of benzene rings is 2. The number of amides is 1. The molecule has 2 heterocycles. The number of anilines is 1. The predicted octanol–water partition coefficient (Wildman–Crippen LogP) is 5.22. The summed E-state index contributed by atoms with van der Waals surface area (Å²) >= 11 is 0. The fraction of sp³-hybridized carbons (Fsp3) is 0.231. The Kier molecular flexibility index (Phi) is 5.97. The Balaban J connectivity index is 1.84. The van der Waals surface area contributed by atoms with Gasteiger partial charge in [-0.05, 0) is 34.9 Å². The van der Waals surface area contributed by atoms with Gasteiger partial charge in [0, 0.05) is 24.3 Å². The van der Waals surface area contributed by atoms with Crippen LogP contribution >= 0.6 is 0 Å². The van der Waals surface area contributed by atoms with Gasteiger partial charge in [0.15, 0.2) is 11.5 Å². The number of Topliss-reactive ketones (excluding diaryl/α,β-unsaturated/α-hetero) is 1. The second kappa shape index (κ2) is 8.85. The molecule has 164 valence electrons. The first-order valence-corrected chi connectivity index (χ1v) is 10.4. The maximum absolute atomic E-state index is 13.2. The van der Waals surface area contributed by atoms with Gasteiger partial charge < -0.3 is 14.3 Å². The molecule has 6 heteroatoms. The highest BCUT2D eigenvalue weighted by Crippen LogP contribution is 2.43. The summed E-state index contributed by atoms with van der Waals surface area (Å²) in [5, 5.41) is 10.8. The lowest BCUT2D eigenvalue weighted by Crippen LogP contribution is -2.32. The quantitative estimate of drug-likeness (QED) is 0.555. The summed E-state index contributed by atoms with van der Waals surface area (Å²) in [6, 6.07) is 16.0. The highest BCUT2D eigenvalue weighted by atomic mass is 16.5. The fourth-order valence-corrected chi connectivity index (χ4v) is 4.06. The zero-order valence-corrected chi connectivity index (χ0v) is 18.2. The van der Waals surface area contributed by atoms with Crippen LogP contribution in [0.25, 0.3) is 11.1 Å². The summed E-state index contributed by atoms with van der Waals surface area (Å²) in [7, 11) is 1.59. The highest BCUT2D eigenvalue weighted by molar-refractivity contribution is 6.17. The van der Waals surface area contributed by atoms with Crippen molar-refractivity contribution < 1.29 is 23.8 Å². The molecular weight excluding hydrogens is 406 g/mol. The summed E-state index contributed by atoms with van der Waals surface area (Å²) in [5.41, 5.74) is 4.14. The Hall–Kier alpha value is -3.64. The van der Waals surface area contributed by atoms with Crippen molar-refractivity contribution in [3.8, 4) is 11.1 Å². The van der Waals surface area contributed by atoms with Crippen LogP contribution in [0.2, 0.25) is 0 Å². The van der Waals surface area contributed by atoms with Gasteiger partial charge in [0.2, 0.25) is 0 Å². The number of rotatable bonds is 7. The molecule has 3 aromatic rings. The minimum Gasteiger partial charge on any atom is -0.503 e. The van der Waals surface area contributed by atoms with E-state index >= 15 is 0 Å². The van der Waals surface area contributed by atoms with Gasteiger partial charge in [0.05, 0.1) is 30.7 Å². The maximum Gasteiger partial charge on any atom is 0.294 e. The number of hydrogen-bond acceptors (Lipinski definition) is 5. The second-order valence-electron chi connectivity index (χ2n) is 8.05. The molecule has 0 radical (unpaired) electrons. The van der Waals surface area contributed by atoms with Crippen LogP contribution in [0, 0.1) is 5.92 Å². The van der Waals surface area contributed by atoms with Crippen molar-refractivity contribution in [2.45, 2.75) is 26.5 Å². The first-order valence-electron chi connectivity index (χ1n) is 10.4. The first kappa shape index (κ1) is 21.6. The number of methoxy groups -OCH3 is 1. The molecule has 0 aliphatic carbocycles. The Labute approximate surface area is 186 Å². The van der Waals surface area contributed by atoms with Gasteiger partial charge in [-0.1, -0.05) is 50.2 Å². The molecule has 2 aromatic carbocycles. The lowest BCUT2D eigenvalue weighted by atomic mass is 9.89. The van der Waals surface area contributed by atoms with Crippen LogP contribution in [0.3, 0.4) is 0 Å². The number of ether oxygens (including phenoxy) is 1. The summed E-state index contributed by atoms with van der Waals surface area (Å²) in [6.45, 7) is 3.83. The maximum atomic E-state index is 13.2. The van der Waals surface area contributed by atoms with Crippen molar-refractivity contribution in [2.75, 3.05) is 12.0 Å². The van der Waals surface area contributed by atoms with Gasteiger partial charge >= 0.3 is 0 Å². The monoisotopic (exact) mass is 431 g/mol. The van der Waals surface area contributed by atoms with Gasteiger partial charge in [-0.15, -0.1) is 0 Å². The average molecular weight is 431 g/mol. The molecule has 1 aliphatic heterocycles. The summed E-state index contributed by atoms with van der Waals surface area (Å²) in [6.07, 6.45) is 3.24. The molecule has 32 heavy (non-hydrogen) atoms. The van der Waals surface area contributed by atoms with Gasteiger partial charge in [0.25, 0.3) is 5.91 Å². The van der Waals surface area contributed by atoms with E-state index in [4.69, 9.17) is 9.15 Å². The van der Waals surface area contributed by atoms with E-state index in [1.807, 2.05) is 54.6 Å². The Morgan fingerprint density at radius 2 is 1.81 bits per heavy atom. The van der Waals surface area contributed by atoms with Crippen molar-refractivity contribution in [3.63, 3.8) is 0 Å². The van der Waals surface area contributed by atoms with Crippen LogP contribution in [0.5, 0.6) is 0 Å². The van der Waals surface area contributed by atoms with E-state index in [-0.39, 0.29) is 17.3 Å². The van der Waals surface area contributed by atoms with Crippen LogP contribution < -0.4 is 4.90 Å². The zero-order valence-electron chi connectivity index (χ0n) is 18.2. The molecule has 0 spiro atoms. The van der Waals surface area contributed by atoms with Crippen molar-refractivity contribution in [2.24, 2.45) is 5.92 Å². The average Bonchev–Trinajstić information content (AvgIpc) is 3.42. The molecule has 6 nitrogen and oxygen atoms in total. The SMILES string of the molecule is COCc1ccccc1C1C(C(=O)C(C)C)=C(O)C(=O)N1c1ccc(-c2ccoc2)cc1. The van der Waals surface area contributed by atoms with Crippen molar-refractivity contribution in [1.82, 2.24) is 0 Å². The lowest BCUT2D eigenvalue weighted by molar-refractivity contribution is -0.119. The molecule has 1 aliphatic rings. The van der Waals surface area contributed by atoms with Crippen LogP contribution in [-0.2, 0) is 20.9 Å². The largest absolute Gasteiger partial charge is 0.503 e. The van der Waals surface area contributed by atoms with E-state index in [9.17, 15) is 14.7 Å². The third kappa shape index (κ3) is 3.74. The molecule has 0 saturated carbocycles. The van der Waals surface area contributed by atoms with Gasteiger partial charge in [-0.25, -0.2) is 0 Å². The summed E-state index contributed by atoms with van der Waals surface area (Å²) in [4.78, 5) is 27.8. The molecule has 1 atom stereocenters. The normalized spacial score (nSPS) is 16.3. The molecule has 1 amide bonds. The second-order valence-corrected chi connectivity index (χ2v) is 8.05. The lowest BCUT2D eigenvalue weighted by Gasteiger charge is -2.29. The molecular formula is C26H25NO5.